The second-order valence-corrected chi connectivity index (χ2v) is 6.66. The Morgan fingerprint density at radius 2 is 1.81 bits per heavy atom. The lowest BCUT2D eigenvalue weighted by molar-refractivity contribution is -0.124. The molecule has 2 aromatic rings. The molecule has 0 aliphatic carbocycles. The fourth-order valence-electron chi connectivity index (χ4n) is 3.01. The molecule has 2 rings (SSSR count). The van der Waals surface area contributed by atoms with Gasteiger partial charge in [0.25, 0.3) is 5.91 Å². The van der Waals surface area contributed by atoms with Crippen LogP contribution in [0.25, 0.3) is 0 Å². The molecule has 4 N–H and O–H groups in total. The minimum Gasteiger partial charge on any atom is -0.491 e. The predicted molar refractivity (Wildman–Crippen MR) is 117 cm³/mol. The monoisotopic (exact) mass is 444 g/mol. The molecule has 0 saturated heterocycles. The van der Waals surface area contributed by atoms with E-state index in [0.29, 0.717) is 29.8 Å². The molecule has 9 nitrogen and oxygen atoms in total. The van der Waals surface area contributed by atoms with Crippen molar-refractivity contribution in [1.82, 2.24) is 5.48 Å². The molecular formula is C23H28N2O7. The number of methoxy groups -OCH3 is 1. The predicted octanol–water partition coefficient (Wildman–Crippen LogP) is 3.20. The number of rotatable bonds is 12. The van der Waals surface area contributed by atoms with Crippen LogP contribution in [0.4, 0.5) is 10.5 Å². The van der Waals surface area contributed by atoms with Crippen molar-refractivity contribution in [1.29, 1.82) is 0 Å². The van der Waals surface area contributed by atoms with Crippen LogP contribution in [0.1, 0.15) is 24.5 Å². The quantitative estimate of drug-likeness (QED) is 0.225. The molecule has 0 aliphatic rings. The number of hydroxylamine groups is 1. The van der Waals surface area contributed by atoms with E-state index in [1.807, 2.05) is 6.07 Å². The highest BCUT2D eigenvalue weighted by molar-refractivity contribution is 5.86. The summed E-state index contributed by atoms with van der Waals surface area (Å²) in [7, 11) is 1.50. The van der Waals surface area contributed by atoms with Crippen LogP contribution in [0.15, 0.2) is 66.7 Å². The van der Waals surface area contributed by atoms with Gasteiger partial charge >= 0.3 is 6.09 Å². The maximum absolute atomic E-state index is 12.6. The van der Waals surface area contributed by atoms with Crippen LogP contribution < -0.4 is 15.5 Å². The fraction of sp³-hybridized carbons (Fsp3) is 0.304. The number of hydrogen-bond donors (Lipinski definition) is 4. The van der Waals surface area contributed by atoms with Crippen molar-refractivity contribution < 1.29 is 34.1 Å². The Labute approximate surface area is 186 Å². The van der Waals surface area contributed by atoms with Crippen LogP contribution in [-0.4, -0.2) is 48.7 Å². The molecule has 0 unspecified atom stereocenters. The summed E-state index contributed by atoms with van der Waals surface area (Å²) in [5.41, 5.74) is 2.67. The van der Waals surface area contributed by atoms with Gasteiger partial charge < -0.3 is 19.3 Å². The average molecular weight is 444 g/mol. The zero-order chi connectivity index (χ0) is 23.2. The van der Waals surface area contributed by atoms with Crippen LogP contribution in [0.3, 0.4) is 0 Å². The Balaban J connectivity index is 2.24. The largest absolute Gasteiger partial charge is 0.491 e. The molecule has 2 atom stereocenters. The van der Waals surface area contributed by atoms with Gasteiger partial charge in [0.15, 0.2) is 6.10 Å². The molecule has 0 bridgehead atoms. The van der Waals surface area contributed by atoms with Crippen molar-refractivity contribution in [3.05, 3.63) is 72.3 Å². The first-order valence-corrected chi connectivity index (χ1v) is 10.1. The van der Waals surface area contributed by atoms with Crippen LogP contribution in [0, 0.1) is 0 Å². The summed E-state index contributed by atoms with van der Waals surface area (Å²) in [5.74, 6) is -0.187. The lowest BCUT2D eigenvalue weighted by Gasteiger charge is -2.27. The average Bonchev–Trinajstić information content (AvgIpc) is 2.82. The number of nitrogens with one attached hydrogen (secondary N) is 2. The van der Waals surface area contributed by atoms with Gasteiger partial charge in [0.05, 0.1) is 12.7 Å². The van der Waals surface area contributed by atoms with E-state index in [2.05, 4.69) is 5.32 Å². The first-order chi connectivity index (χ1) is 15.6. The van der Waals surface area contributed by atoms with Gasteiger partial charge in [0.1, 0.15) is 12.4 Å². The summed E-state index contributed by atoms with van der Waals surface area (Å²) in [6, 6.07) is 15.9. The van der Waals surface area contributed by atoms with Crippen molar-refractivity contribution in [2.45, 2.75) is 25.0 Å². The summed E-state index contributed by atoms with van der Waals surface area (Å²) in [5, 5.41) is 20.4. The van der Waals surface area contributed by atoms with Crippen LogP contribution >= 0.6 is 0 Å². The molecule has 9 heteroatoms. The molecule has 2 amide bonds. The van der Waals surface area contributed by atoms with E-state index in [1.54, 1.807) is 54.6 Å². The third-order valence-electron chi connectivity index (χ3n) is 4.47. The van der Waals surface area contributed by atoms with Gasteiger partial charge in [-0.3, -0.25) is 15.3 Å². The smallest absolute Gasteiger partial charge is 0.412 e. The topological polar surface area (TPSA) is 126 Å². The summed E-state index contributed by atoms with van der Waals surface area (Å²) in [6.45, 7) is -0.0869. The van der Waals surface area contributed by atoms with Crippen LogP contribution in [0.2, 0.25) is 0 Å². The number of aliphatic hydroxyl groups is 1. The summed E-state index contributed by atoms with van der Waals surface area (Å²) in [4.78, 5) is 23.8. The molecule has 172 valence electrons. The number of allylic oxidation sites excluding steroid dienone is 1. The van der Waals surface area contributed by atoms with Gasteiger partial charge in [-0.15, -0.1) is 0 Å². The van der Waals surface area contributed by atoms with Gasteiger partial charge in [0.2, 0.25) is 0 Å². The van der Waals surface area contributed by atoms with E-state index in [0.717, 1.165) is 0 Å². The maximum atomic E-state index is 12.6. The van der Waals surface area contributed by atoms with E-state index in [4.69, 9.17) is 24.5 Å². The number of carbonyl (C=O) groups excluding carboxylic acids is 2. The van der Waals surface area contributed by atoms with E-state index < -0.39 is 24.2 Å². The van der Waals surface area contributed by atoms with E-state index in [1.165, 1.54) is 18.7 Å². The number of para-hydroxylation sites is 2. The SMILES string of the molecule is CO[C@@H](CC/C=C/C(=O)NO)[C@@H](OC(=O)Nc1ccccc1)c1ccccc1OCCO. The molecule has 0 heterocycles. The molecule has 32 heavy (non-hydrogen) atoms. The Bertz CT molecular complexity index is 874. The number of aliphatic hydroxyl groups excluding tert-OH is 1. The Hall–Kier alpha value is -3.40. The lowest BCUT2D eigenvalue weighted by Crippen LogP contribution is -2.28. The van der Waals surface area contributed by atoms with Crippen LogP contribution in [0.5, 0.6) is 5.75 Å². The second kappa shape index (κ2) is 13.8. The van der Waals surface area contributed by atoms with E-state index >= 15 is 0 Å². The number of hydrogen-bond acceptors (Lipinski definition) is 7. The molecule has 0 radical (unpaired) electrons. The third-order valence-corrected chi connectivity index (χ3v) is 4.47. The number of carbonyl (C=O) groups is 2. The van der Waals surface area contributed by atoms with Gasteiger partial charge in [-0.25, -0.2) is 10.3 Å². The molecule has 0 aliphatic heterocycles. The van der Waals surface area contributed by atoms with Crippen molar-refractivity contribution in [3.63, 3.8) is 0 Å². The Morgan fingerprint density at radius 3 is 2.50 bits per heavy atom. The third kappa shape index (κ3) is 8.03. The maximum Gasteiger partial charge on any atom is 0.412 e. The van der Waals surface area contributed by atoms with Gasteiger partial charge in [-0.1, -0.05) is 42.5 Å². The number of anilines is 1. The van der Waals surface area contributed by atoms with Crippen molar-refractivity contribution >= 4 is 17.7 Å². The van der Waals surface area contributed by atoms with Gasteiger partial charge in [-0.05, 0) is 31.0 Å². The number of benzene rings is 2. The molecule has 0 aromatic heterocycles. The zero-order valence-corrected chi connectivity index (χ0v) is 17.8. The normalized spacial score (nSPS) is 12.7. The lowest BCUT2D eigenvalue weighted by atomic mass is 9.99. The highest BCUT2D eigenvalue weighted by Crippen LogP contribution is 2.33. The minimum absolute atomic E-state index is 0.0800. The van der Waals surface area contributed by atoms with E-state index in [9.17, 15) is 9.59 Å². The van der Waals surface area contributed by atoms with Gasteiger partial charge in [0, 0.05) is 24.4 Å². The second-order valence-electron chi connectivity index (χ2n) is 6.66. The Morgan fingerprint density at radius 1 is 1.09 bits per heavy atom. The number of ether oxygens (including phenoxy) is 3. The first-order valence-electron chi connectivity index (χ1n) is 10.1. The summed E-state index contributed by atoms with van der Waals surface area (Å²) < 4.78 is 17.0. The summed E-state index contributed by atoms with van der Waals surface area (Å²) >= 11 is 0. The fourth-order valence-corrected chi connectivity index (χ4v) is 3.01. The van der Waals surface area contributed by atoms with Crippen molar-refractivity contribution in [2.75, 3.05) is 25.6 Å². The van der Waals surface area contributed by atoms with Crippen molar-refractivity contribution in [2.24, 2.45) is 0 Å². The first kappa shape index (κ1) is 24.9. The molecule has 0 fully saturated rings. The van der Waals surface area contributed by atoms with Crippen LogP contribution in [-0.2, 0) is 14.3 Å². The molecule has 0 saturated carbocycles. The highest BCUT2D eigenvalue weighted by Gasteiger charge is 2.29. The summed E-state index contributed by atoms with van der Waals surface area (Å²) in [6.07, 6.45) is 1.52. The zero-order valence-electron chi connectivity index (χ0n) is 17.8. The van der Waals surface area contributed by atoms with Gasteiger partial charge in [-0.2, -0.15) is 0 Å². The highest BCUT2D eigenvalue weighted by atomic mass is 16.6. The Kier molecular flexibility index (Phi) is 10.7. The molecular weight excluding hydrogens is 416 g/mol. The minimum atomic E-state index is -0.835. The number of amides is 2. The standard InChI is InChI=1S/C23H28N2O7/c1-30-20(13-7-8-14-21(27)25-29)22(18-11-5-6-12-19(18)31-16-15-26)32-23(28)24-17-9-3-2-4-10-17/h2-6,8-12,14,20,22,26,29H,7,13,15-16H2,1H3,(H,24,28)(H,25,27)/b14-8+/t20-,22-/m0/s1. The van der Waals surface area contributed by atoms with E-state index in [-0.39, 0.29) is 13.2 Å². The van der Waals surface area contributed by atoms with Crippen molar-refractivity contribution in [3.8, 4) is 5.75 Å². The molecule has 2 aromatic carbocycles. The molecule has 0 spiro atoms.